The number of benzene rings is 8. The van der Waals surface area contributed by atoms with Gasteiger partial charge in [-0.3, -0.25) is 13.7 Å². The Kier molecular flexibility index (Phi) is 5.62. The topological polar surface area (TPSA) is 35.9 Å². The number of fused-ring (bicyclic) bond motifs is 5. The van der Waals surface area contributed by atoms with E-state index in [1.165, 1.54) is 22.9 Å². The highest BCUT2D eigenvalue weighted by Crippen LogP contribution is 2.48. The molecule has 8 aromatic carbocycles. The second-order valence-corrected chi connectivity index (χ2v) is 19.0. The molecule has 3 aromatic heterocycles. The van der Waals surface area contributed by atoms with Crippen molar-refractivity contribution in [2.75, 3.05) is 0 Å². The van der Waals surface area contributed by atoms with E-state index in [9.17, 15) is 9.60 Å². The molecule has 0 radical (unpaired) electrons. The molecule has 12 rings (SSSR count). The van der Waals surface area contributed by atoms with Crippen LogP contribution in [-0.4, -0.2) is 14.1 Å². The third kappa shape index (κ3) is 8.12. The van der Waals surface area contributed by atoms with Crippen LogP contribution in [0, 0.1) is 20.0 Å². The monoisotopic (exact) mass is 981 g/mol. The SMILES string of the molecule is [2H]c1c([2H])c([2H])c(-c2cnc(-n3c4ccccc4c4ccc(Oc5cccc(-n6[c-][n+](-c7c(-c8cccc(C(C)(C)C)c8)cc(C([2H])([2H])[2H])cc7-c7c([2H])c([2H])c8c(c7[2H])C(C([2H])([2H])[2H])(C([2H])([2H])[2H])C([2H])([2H])C([2H])([2H])C8(C([2H])([2H])[2H])C([2H])([2H])[2H])c7ccccc76)c5)cc43)cc2C([2H])([2H])[2H])c([2H])c1[2H]. The van der Waals surface area contributed by atoms with Gasteiger partial charge >= 0.3 is 0 Å². The van der Waals surface area contributed by atoms with Crippen LogP contribution in [0.25, 0.3) is 83.4 Å². The van der Waals surface area contributed by atoms with Crippen LogP contribution < -0.4 is 9.30 Å². The standard InChI is InChI=1S/C68H62N4O/c1-44-35-55(47-21-17-22-49(38-47)66(3,4)5)65(56(36-44)48-29-32-58-59(39-48)68(8,9)34-33-67(58,6)7)71-43-70(61-27-15-16-28-62(61)71)50-23-18-24-51(40-50)73-52-30-31-54-53-25-13-14-26-60(53)72(63(54)41-52)64-37-45(2)57(42-69-64)46-19-11-10-12-20-46/h10-32,35-42H,33-34H2,1-9H3/i1D3,2D3,6D3,7D3,8D3,9D3,10D,11D,12D,19D,20D,29D,32D,33D2,34D2,39D. The lowest BCUT2D eigenvalue weighted by Crippen LogP contribution is -2.34. The van der Waals surface area contributed by atoms with Crippen molar-refractivity contribution in [1.82, 2.24) is 14.1 Å². The van der Waals surface area contributed by atoms with Crippen molar-refractivity contribution in [3.8, 4) is 62.1 Å². The fourth-order valence-corrected chi connectivity index (χ4v) is 9.51. The molecule has 11 aromatic rings. The molecule has 3 heterocycles. The molecule has 0 atom stereocenters. The first kappa shape index (κ1) is 23.7. The quantitative estimate of drug-likeness (QED) is 0.112. The zero-order valence-electron chi connectivity index (χ0n) is 69.5. The first-order chi connectivity index (χ1) is 47.4. The van der Waals surface area contributed by atoms with E-state index >= 15 is 0 Å². The molecule has 0 unspecified atom stereocenters. The molecule has 5 heteroatoms. The van der Waals surface area contributed by atoms with Gasteiger partial charge < -0.3 is 4.74 Å². The van der Waals surface area contributed by atoms with E-state index in [1.54, 1.807) is 112 Å². The van der Waals surface area contributed by atoms with E-state index in [2.05, 4.69) is 11.3 Å². The highest BCUT2D eigenvalue weighted by atomic mass is 16.5. The smallest absolute Gasteiger partial charge is 0.269 e. The number of hydrogen-bond donors (Lipinski definition) is 0. The van der Waals surface area contributed by atoms with Crippen molar-refractivity contribution in [2.24, 2.45) is 0 Å². The Hall–Kier alpha value is -8.02. The van der Waals surface area contributed by atoms with Crippen LogP contribution in [-0.2, 0) is 16.2 Å². The summed E-state index contributed by atoms with van der Waals surface area (Å²) in [6, 6.07) is 28.3. The van der Waals surface area contributed by atoms with Crippen LogP contribution in [0.5, 0.6) is 11.5 Å². The summed E-state index contributed by atoms with van der Waals surface area (Å²) >= 11 is 0. The van der Waals surface area contributed by atoms with Gasteiger partial charge in [-0.05, 0) is 135 Å². The number of imidazole rings is 1. The predicted octanol–water partition coefficient (Wildman–Crippen LogP) is 17.3. The Morgan fingerprint density at radius 1 is 0.644 bits per heavy atom. The summed E-state index contributed by atoms with van der Waals surface area (Å²) in [5.74, 6) is 0.549. The van der Waals surface area contributed by atoms with E-state index in [1.807, 2.05) is 32.9 Å². The highest BCUT2D eigenvalue weighted by Gasteiger charge is 2.37. The Bertz CT molecular complexity index is 5270. The molecule has 0 saturated carbocycles. The second-order valence-electron chi connectivity index (χ2n) is 19.0. The first-order valence-electron chi connectivity index (χ1n) is 38.2. The van der Waals surface area contributed by atoms with Crippen molar-refractivity contribution in [2.45, 2.75) is 90.9 Å². The Labute approximate surface area is 472 Å². The number of aryl methyl sites for hydroxylation is 2. The van der Waals surface area contributed by atoms with Gasteiger partial charge in [0, 0.05) is 58.8 Å². The van der Waals surface area contributed by atoms with Crippen molar-refractivity contribution in [3.63, 3.8) is 0 Å². The lowest BCUT2D eigenvalue weighted by Gasteiger charge is -2.42. The summed E-state index contributed by atoms with van der Waals surface area (Å²) in [4.78, 5) is 4.67. The van der Waals surface area contributed by atoms with Crippen molar-refractivity contribution >= 4 is 32.8 Å². The van der Waals surface area contributed by atoms with E-state index < -0.39 is 146 Å². The molecule has 5 nitrogen and oxygen atoms in total. The normalized spacial score (nSPS) is 22.6. The molecule has 0 fully saturated rings. The molecular weight excluding hydrogens is 889 g/mol. The fourth-order valence-electron chi connectivity index (χ4n) is 9.51. The van der Waals surface area contributed by atoms with Gasteiger partial charge in [0.1, 0.15) is 17.3 Å². The maximum absolute atomic E-state index is 10.3. The van der Waals surface area contributed by atoms with E-state index in [-0.39, 0.29) is 56.3 Å². The lowest BCUT2D eigenvalue weighted by molar-refractivity contribution is -0.571. The molecule has 0 bridgehead atoms. The van der Waals surface area contributed by atoms with Crippen LogP contribution in [0.15, 0.2) is 188 Å². The zero-order valence-corrected chi connectivity index (χ0v) is 39.5. The van der Waals surface area contributed by atoms with Gasteiger partial charge in [0.15, 0.2) is 0 Å². The summed E-state index contributed by atoms with van der Waals surface area (Å²) in [6.45, 7) is -17.7. The third-order valence-electron chi connectivity index (χ3n) is 13.1. The molecule has 0 aliphatic heterocycles. The molecule has 0 N–H and O–H groups in total. The molecule has 0 saturated heterocycles. The average molecular weight is 981 g/mol. The number of para-hydroxylation sites is 3. The molecular formula is C68H62N4O. The number of hydrogen-bond acceptors (Lipinski definition) is 2. The molecule has 1 aliphatic rings. The Balaban J connectivity index is 1.11. The van der Waals surface area contributed by atoms with Gasteiger partial charge in [-0.1, -0.05) is 187 Å². The average Bonchev–Trinajstić information content (AvgIpc) is 0.958. The van der Waals surface area contributed by atoms with Crippen LogP contribution in [0.3, 0.4) is 0 Å². The molecule has 1 aliphatic carbocycles. The minimum absolute atomic E-state index is 0.00877. The number of rotatable bonds is 8. The summed E-state index contributed by atoms with van der Waals surface area (Å²) < 4.78 is 282. The lowest BCUT2D eigenvalue weighted by atomic mass is 9.63. The predicted molar refractivity (Wildman–Crippen MR) is 302 cm³/mol. The Morgan fingerprint density at radius 3 is 2.18 bits per heavy atom. The van der Waals surface area contributed by atoms with Crippen molar-refractivity contribution in [3.05, 3.63) is 222 Å². The summed E-state index contributed by atoms with van der Waals surface area (Å²) in [5, 5.41) is 1.40. The van der Waals surface area contributed by atoms with Crippen LogP contribution in [0.1, 0.15) is 130 Å². The zero-order chi connectivity index (χ0) is 75.9. The minimum atomic E-state index is -4.65. The summed E-state index contributed by atoms with van der Waals surface area (Å²) in [7, 11) is 0. The van der Waals surface area contributed by atoms with E-state index in [4.69, 9.17) is 36.3 Å². The first-order valence-corrected chi connectivity index (χ1v) is 23.2. The summed E-state index contributed by atoms with van der Waals surface area (Å²) in [5.41, 5.74) is -13.2. The van der Waals surface area contributed by atoms with Crippen molar-refractivity contribution in [1.29, 1.82) is 0 Å². The number of ether oxygens (including phenoxy) is 1. The minimum Gasteiger partial charge on any atom is -0.458 e. The molecule has 0 amide bonds. The summed E-state index contributed by atoms with van der Waals surface area (Å²) in [6.07, 6.45) is -4.77. The number of pyridine rings is 1. The number of nitrogens with zero attached hydrogens (tertiary/aromatic N) is 4. The second kappa shape index (κ2) is 17.3. The van der Waals surface area contributed by atoms with Gasteiger partial charge in [-0.2, -0.15) is 0 Å². The van der Waals surface area contributed by atoms with Gasteiger partial charge in [0.05, 0.1) is 44.4 Å². The molecule has 0 spiro atoms. The number of aromatic nitrogens is 4. The molecule has 73 heavy (non-hydrogen) atoms. The maximum atomic E-state index is 10.3. The van der Waals surface area contributed by atoms with Crippen LogP contribution in [0.2, 0.25) is 0 Å². The van der Waals surface area contributed by atoms with E-state index in [0.717, 1.165) is 11.5 Å². The highest BCUT2D eigenvalue weighted by molar-refractivity contribution is 6.09. The Morgan fingerprint density at radius 2 is 1.38 bits per heavy atom. The van der Waals surface area contributed by atoms with Gasteiger partial charge in [-0.25, -0.2) is 4.98 Å². The van der Waals surface area contributed by atoms with Crippen LogP contribution >= 0.6 is 0 Å². The maximum Gasteiger partial charge on any atom is 0.269 e. The van der Waals surface area contributed by atoms with Gasteiger partial charge in [0.2, 0.25) is 0 Å². The van der Waals surface area contributed by atoms with Gasteiger partial charge in [-0.15, -0.1) is 0 Å². The largest absolute Gasteiger partial charge is 0.458 e. The third-order valence-corrected chi connectivity index (χ3v) is 13.1. The van der Waals surface area contributed by atoms with Crippen molar-refractivity contribution < 1.29 is 50.4 Å². The fraction of sp³-hybridized carbons (Fsp3) is 0.206. The van der Waals surface area contributed by atoms with E-state index in [0.29, 0.717) is 33.2 Å². The van der Waals surface area contributed by atoms with Gasteiger partial charge in [0.25, 0.3) is 6.33 Å². The molecule has 360 valence electrons. The van der Waals surface area contributed by atoms with Crippen LogP contribution in [0.4, 0.5) is 0 Å².